The quantitative estimate of drug-likeness (QED) is 0.763. The first-order valence-corrected chi connectivity index (χ1v) is 7.73. The minimum absolute atomic E-state index is 0.176. The lowest BCUT2D eigenvalue weighted by atomic mass is 10.1. The molecule has 0 saturated carbocycles. The van der Waals surface area contributed by atoms with E-state index in [1.165, 1.54) is 5.56 Å². The van der Waals surface area contributed by atoms with Crippen LogP contribution in [-0.4, -0.2) is 28.1 Å². The number of nitrogens with one attached hydrogen (secondary N) is 1. The predicted molar refractivity (Wildman–Crippen MR) is 88.4 cm³/mol. The number of hydrogen-bond acceptors (Lipinski definition) is 3. The lowest BCUT2D eigenvalue weighted by molar-refractivity contribution is -0.118. The van der Waals surface area contributed by atoms with E-state index in [2.05, 4.69) is 10.4 Å². The zero-order chi connectivity index (χ0) is 16.8. The second kappa shape index (κ2) is 7.58. The van der Waals surface area contributed by atoms with Gasteiger partial charge in [-0.3, -0.25) is 9.59 Å². The van der Waals surface area contributed by atoms with E-state index in [1.54, 1.807) is 10.9 Å². The molecule has 23 heavy (non-hydrogen) atoms. The van der Waals surface area contributed by atoms with E-state index in [1.807, 2.05) is 38.1 Å². The zero-order valence-electron chi connectivity index (χ0n) is 13.5. The van der Waals surface area contributed by atoms with E-state index >= 15 is 0 Å². The number of aromatic nitrogens is 2. The first kappa shape index (κ1) is 16.7. The van der Waals surface area contributed by atoms with Crippen molar-refractivity contribution in [2.24, 2.45) is 5.73 Å². The lowest BCUT2D eigenvalue weighted by Crippen LogP contribution is -2.26. The second-order valence-corrected chi connectivity index (χ2v) is 5.43. The van der Waals surface area contributed by atoms with Crippen molar-refractivity contribution in [3.63, 3.8) is 0 Å². The van der Waals surface area contributed by atoms with Crippen molar-refractivity contribution < 1.29 is 9.59 Å². The Kier molecular flexibility index (Phi) is 5.51. The summed E-state index contributed by atoms with van der Waals surface area (Å²) in [7, 11) is 0. The molecular weight excluding hydrogens is 292 g/mol. The minimum Gasteiger partial charge on any atom is -0.370 e. The number of hydrogen-bond donors (Lipinski definition) is 2. The van der Waals surface area contributed by atoms with Crippen molar-refractivity contribution in [1.29, 1.82) is 0 Å². The molecule has 0 spiro atoms. The van der Waals surface area contributed by atoms with Gasteiger partial charge in [-0.2, -0.15) is 5.10 Å². The van der Waals surface area contributed by atoms with Gasteiger partial charge in [0.2, 0.25) is 5.91 Å². The maximum Gasteiger partial charge on any atom is 0.254 e. The number of carbonyl (C=O) groups excluding carboxylic acids is 2. The number of carbonyl (C=O) groups is 2. The van der Waals surface area contributed by atoms with Gasteiger partial charge in [0.1, 0.15) is 0 Å². The molecule has 1 aromatic heterocycles. The lowest BCUT2D eigenvalue weighted by Gasteiger charge is -2.09. The molecule has 3 N–H and O–H groups in total. The number of primary amides is 1. The normalized spacial score (nSPS) is 10.5. The fourth-order valence-corrected chi connectivity index (χ4v) is 2.37. The third-order valence-electron chi connectivity index (χ3n) is 3.61. The maximum absolute atomic E-state index is 12.3. The Morgan fingerprint density at radius 1 is 1.26 bits per heavy atom. The summed E-state index contributed by atoms with van der Waals surface area (Å²) in [5, 5.41) is 7.15. The summed E-state index contributed by atoms with van der Waals surface area (Å²) in [6, 6.07) is 7.99. The van der Waals surface area contributed by atoms with Crippen LogP contribution in [0.3, 0.4) is 0 Å². The minimum atomic E-state index is -0.360. The summed E-state index contributed by atoms with van der Waals surface area (Å²) in [5.41, 5.74) is 8.61. The van der Waals surface area contributed by atoms with E-state index in [4.69, 9.17) is 5.73 Å². The van der Waals surface area contributed by atoms with Crippen LogP contribution in [0.2, 0.25) is 0 Å². The van der Waals surface area contributed by atoms with E-state index in [-0.39, 0.29) is 18.2 Å². The number of aryl methyl sites for hydroxylation is 1. The highest BCUT2D eigenvalue weighted by Crippen LogP contribution is 2.16. The average molecular weight is 314 g/mol. The molecular formula is C17H22N4O2. The smallest absolute Gasteiger partial charge is 0.254 e. The van der Waals surface area contributed by atoms with Gasteiger partial charge in [0.25, 0.3) is 5.91 Å². The van der Waals surface area contributed by atoms with Gasteiger partial charge in [-0.15, -0.1) is 0 Å². The second-order valence-electron chi connectivity index (χ2n) is 5.43. The number of rotatable bonds is 7. The molecule has 0 aliphatic heterocycles. The summed E-state index contributed by atoms with van der Waals surface area (Å²) in [4.78, 5) is 23.0. The maximum atomic E-state index is 12.3. The zero-order valence-corrected chi connectivity index (χ0v) is 13.5. The summed E-state index contributed by atoms with van der Waals surface area (Å²) in [6.07, 6.45) is 3.08. The Hall–Kier alpha value is -2.63. The first-order chi connectivity index (χ1) is 11.0. The van der Waals surface area contributed by atoms with Crippen LogP contribution in [0.5, 0.6) is 0 Å². The molecule has 6 heteroatoms. The summed E-state index contributed by atoms with van der Waals surface area (Å²) < 4.78 is 1.79. The van der Waals surface area contributed by atoms with Gasteiger partial charge >= 0.3 is 0 Å². The number of nitrogens with two attached hydrogens (primary N) is 1. The molecule has 1 aromatic carbocycles. The average Bonchev–Trinajstić information content (AvgIpc) is 2.96. The highest BCUT2D eigenvalue weighted by atomic mass is 16.2. The molecule has 2 rings (SSSR count). The molecule has 0 bridgehead atoms. The Morgan fingerprint density at radius 3 is 2.57 bits per heavy atom. The highest BCUT2D eigenvalue weighted by Gasteiger charge is 2.16. The third-order valence-corrected chi connectivity index (χ3v) is 3.61. The van der Waals surface area contributed by atoms with Gasteiger partial charge in [0.05, 0.1) is 23.1 Å². The van der Waals surface area contributed by atoms with Gasteiger partial charge < -0.3 is 11.1 Å². The van der Waals surface area contributed by atoms with Crippen LogP contribution in [0.15, 0.2) is 30.5 Å². The standard InChI is InChI=1S/C17H22N4O2/c1-3-15-14(17(23)19-10-4-5-16(18)22)11-20-21(15)13-8-6-12(2)7-9-13/h6-9,11H,3-5,10H2,1-2H3,(H2,18,22)(H,19,23). The van der Waals surface area contributed by atoms with Crippen LogP contribution in [0.4, 0.5) is 0 Å². The number of amides is 2. The molecule has 122 valence electrons. The van der Waals surface area contributed by atoms with Gasteiger partial charge in [-0.1, -0.05) is 24.6 Å². The van der Waals surface area contributed by atoms with Crippen LogP contribution in [-0.2, 0) is 11.2 Å². The van der Waals surface area contributed by atoms with Crippen LogP contribution >= 0.6 is 0 Å². The van der Waals surface area contributed by atoms with Crippen LogP contribution in [0.1, 0.15) is 41.4 Å². The molecule has 0 atom stereocenters. The van der Waals surface area contributed by atoms with E-state index in [0.717, 1.165) is 11.4 Å². The van der Waals surface area contributed by atoms with E-state index < -0.39 is 0 Å². The van der Waals surface area contributed by atoms with Crippen molar-refractivity contribution in [3.8, 4) is 5.69 Å². The summed E-state index contributed by atoms with van der Waals surface area (Å²) in [6.45, 7) is 4.44. The monoisotopic (exact) mass is 314 g/mol. The Bertz CT molecular complexity index is 689. The summed E-state index contributed by atoms with van der Waals surface area (Å²) in [5.74, 6) is -0.537. The molecule has 0 radical (unpaired) electrons. The van der Waals surface area contributed by atoms with Crippen LogP contribution in [0, 0.1) is 6.92 Å². The number of nitrogens with zero attached hydrogens (tertiary/aromatic N) is 2. The van der Waals surface area contributed by atoms with Crippen molar-refractivity contribution in [2.75, 3.05) is 6.54 Å². The highest BCUT2D eigenvalue weighted by molar-refractivity contribution is 5.95. The van der Waals surface area contributed by atoms with Crippen LogP contribution < -0.4 is 11.1 Å². The van der Waals surface area contributed by atoms with Crippen molar-refractivity contribution in [1.82, 2.24) is 15.1 Å². The molecule has 6 nitrogen and oxygen atoms in total. The Balaban J connectivity index is 2.12. The molecule has 2 aromatic rings. The van der Waals surface area contributed by atoms with Crippen molar-refractivity contribution in [3.05, 3.63) is 47.3 Å². The summed E-state index contributed by atoms with van der Waals surface area (Å²) >= 11 is 0. The fraction of sp³-hybridized carbons (Fsp3) is 0.353. The van der Waals surface area contributed by atoms with Crippen molar-refractivity contribution >= 4 is 11.8 Å². The van der Waals surface area contributed by atoms with Gasteiger partial charge in [-0.05, 0) is 31.9 Å². The SMILES string of the molecule is CCc1c(C(=O)NCCCC(N)=O)cnn1-c1ccc(C)cc1. The Labute approximate surface area is 135 Å². The fourth-order valence-electron chi connectivity index (χ4n) is 2.37. The molecule has 2 amide bonds. The first-order valence-electron chi connectivity index (χ1n) is 7.73. The van der Waals surface area contributed by atoms with Gasteiger partial charge in [0, 0.05) is 13.0 Å². The van der Waals surface area contributed by atoms with Crippen molar-refractivity contribution in [2.45, 2.75) is 33.1 Å². The van der Waals surface area contributed by atoms with Gasteiger partial charge in [0.15, 0.2) is 0 Å². The molecule has 0 aliphatic carbocycles. The topological polar surface area (TPSA) is 90.0 Å². The molecule has 0 unspecified atom stereocenters. The predicted octanol–water partition coefficient (Wildman–Crippen LogP) is 1.74. The third kappa shape index (κ3) is 4.18. The Morgan fingerprint density at radius 2 is 1.96 bits per heavy atom. The van der Waals surface area contributed by atoms with E-state index in [9.17, 15) is 9.59 Å². The van der Waals surface area contributed by atoms with Crippen LogP contribution in [0.25, 0.3) is 5.69 Å². The molecule has 0 aliphatic rings. The number of benzene rings is 1. The molecule has 0 saturated heterocycles. The van der Waals surface area contributed by atoms with Gasteiger partial charge in [-0.25, -0.2) is 4.68 Å². The molecule has 0 fully saturated rings. The molecule has 1 heterocycles. The largest absolute Gasteiger partial charge is 0.370 e. The van der Waals surface area contributed by atoms with E-state index in [0.29, 0.717) is 24.9 Å².